The molecule has 3 heteroatoms. The standard InChI is InChI=1S/C10H11NO2/c1-8(12)13-10(4-5-10)9-2-6-11-7-3-9/h2-3,6-7H,4-5H2,1H3. The van der Waals surface area contributed by atoms with Crippen molar-refractivity contribution in [3.63, 3.8) is 0 Å². The van der Waals surface area contributed by atoms with E-state index in [1.807, 2.05) is 12.1 Å². The Morgan fingerprint density at radius 2 is 2.08 bits per heavy atom. The first kappa shape index (κ1) is 8.23. The van der Waals surface area contributed by atoms with Crippen LogP contribution in [0.25, 0.3) is 0 Å². The SMILES string of the molecule is CC(=O)OC1(c2ccncc2)CC1. The van der Waals surface area contributed by atoms with E-state index in [-0.39, 0.29) is 11.6 Å². The molecular weight excluding hydrogens is 166 g/mol. The van der Waals surface area contributed by atoms with E-state index < -0.39 is 0 Å². The topological polar surface area (TPSA) is 39.2 Å². The van der Waals surface area contributed by atoms with Crippen LogP contribution in [0.5, 0.6) is 0 Å². The van der Waals surface area contributed by atoms with Crippen molar-refractivity contribution in [2.75, 3.05) is 0 Å². The average Bonchev–Trinajstić information content (AvgIpc) is 2.86. The van der Waals surface area contributed by atoms with E-state index in [4.69, 9.17) is 4.74 Å². The smallest absolute Gasteiger partial charge is 0.303 e. The van der Waals surface area contributed by atoms with E-state index in [0.717, 1.165) is 18.4 Å². The van der Waals surface area contributed by atoms with Crippen molar-refractivity contribution in [3.05, 3.63) is 30.1 Å². The molecule has 0 atom stereocenters. The minimum Gasteiger partial charge on any atom is -0.454 e. The maximum atomic E-state index is 10.8. The number of aromatic nitrogens is 1. The Morgan fingerprint density at radius 1 is 1.46 bits per heavy atom. The lowest BCUT2D eigenvalue weighted by atomic mass is 10.1. The van der Waals surface area contributed by atoms with Crippen LogP contribution in [0.15, 0.2) is 24.5 Å². The summed E-state index contributed by atoms with van der Waals surface area (Å²) in [4.78, 5) is 14.8. The van der Waals surface area contributed by atoms with Crippen molar-refractivity contribution in [2.45, 2.75) is 25.4 Å². The number of pyridine rings is 1. The maximum absolute atomic E-state index is 10.8. The maximum Gasteiger partial charge on any atom is 0.303 e. The largest absolute Gasteiger partial charge is 0.454 e. The molecule has 0 aliphatic heterocycles. The molecule has 3 nitrogen and oxygen atoms in total. The van der Waals surface area contributed by atoms with Crippen LogP contribution in [0.4, 0.5) is 0 Å². The summed E-state index contributed by atoms with van der Waals surface area (Å²) in [7, 11) is 0. The number of hydrogen-bond donors (Lipinski definition) is 0. The lowest BCUT2D eigenvalue weighted by molar-refractivity contribution is -0.149. The van der Waals surface area contributed by atoms with Gasteiger partial charge in [0.1, 0.15) is 5.60 Å². The second-order valence-corrected chi connectivity index (χ2v) is 3.32. The number of nitrogens with zero attached hydrogens (tertiary/aromatic N) is 1. The quantitative estimate of drug-likeness (QED) is 0.644. The molecule has 13 heavy (non-hydrogen) atoms. The first-order chi connectivity index (χ1) is 6.23. The first-order valence-corrected chi connectivity index (χ1v) is 4.33. The molecule has 0 N–H and O–H groups in total. The Hall–Kier alpha value is -1.38. The van der Waals surface area contributed by atoms with Gasteiger partial charge in [0.15, 0.2) is 0 Å². The van der Waals surface area contributed by atoms with Crippen LogP contribution in [0, 0.1) is 0 Å². The van der Waals surface area contributed by atoms with Gasteiger partial charge in [-0.2, -0.15) is 0 Å². The van der Waals surface area contributed by atoms with Crippen LogP contribution in [-0.4, -0.2) is 11.0 Å². The molecule has 0 bridgehead atoms. The van der Waals surface area contributed by atoms with Gasteiger partial charge in [-0.25, -0.2) is 0 Å². The van der Waals surface area contributed by atoms with E-state index in [9.17, 15) is 4.79 Å². The van der Waals surface area contributed by atoms with E-state index >= 15 is 0 Å². The molecule has 1 fully saturated rings. The molecule has 68 valence electrons. The Bertz CT molecular complexity index is 317. The van der Waals surface area contributed by atoms with Crippen molar-refractivity contribution in [3.8, 4) is 0 Å². The van der Waals surface area contributed by atoms with Gasteiger partial charge in [0.2, 0.25) is 0 Å². The molecule has 1 saturated carbocycles. The third kappa shape index (κ3) is 1.54. The molecule has 0 radical (unpaired) electrons. The van der Waals surface area contributed by atoms with E-state index in [1.54, 1.807) is 12.4 Å². The normalized spacial score (nSPS) is 17.9. The summed E-state index contributed by atoms with van der Waals surface area (Å²) in [5, 5.41) is 0. The Kier molecular flexibility index (Phi) is 1.79. The molecule has 1 heterocycles. The van der Waals surface area contributed by atoms with Gasteiger partial charge in [-0.1, -0.05) is 0 Å². The second kappa shape index (κ2) is 2.83. The number of rotatable bonds is 2. The average molecular weight is 177 g/mol. The van der Waals surface area contributed by atoms with Gasteiger partial charge in [-0.15, -0.1) is 0 Å². The third-order valence-corrected chi connectivity index (χ3v) is 2.25. The lowest BCUT2D eigenvalue weighted by Crippen LogP contribution is -2.15. The zero-order chi connectivity index (χ0) is 9.31. The number of carbonyl (C=O) groups is 1. The van der Waals surface area contributed by atoms with Gasteiger partial charge in [-0.05, 0) is 30.5 Å². The fourth-order valence-electron chi connectivity index (χ4n) is 1.49. The highest BCUT2D eigenvalue weighted by Gasteiger charge is 2.47. The van der Waals surface area contributed by atoms with Crippen molar-refractivity contribution in [2.24, 2.45) is 0 Å². The highest BCUT2D eigenvalue weighted by atomic mass is 16.6. The molecule has 1 aliphatic rings. The zero-order valence-corrected chi connectivity index (χ0v) is 7.49. The molecule has 1 aromatic rings. The zero-order valence-electron chi connectivity index (χ0n) is 7.49. The van der Waals surface area contributed by atoms with Crippen LogP contribution in [-0.2, 0) is 15.1 Å². The summed E-state index contributed by atoms with van der Waals surface area (Å²) >= 11 is 0. The molecule has 1 aromatic heterocycles. The minimum atomic E-state index is -0.325. The summed E-state index contributed by atoms with van der Waals surface area (Å²) < 4.78 is 5.27. The molecule has 0 spiro atoms. The van der Waals surface area contributed by atoms with Crippen LogP contribution in [0.1, 0.15) is 25.3 Å². The second-order valence-electron chi connectivity index (χ2n) is 3.32. The molecule has 0 unspecified atom stereocenters. The van der Waals surface area contributed by atoms with Crippen molar-refractivity contribution in [1.29, 1.82) is 0 Å². The Balaban J connectivity index is 2.21. The molecule has 2 rings (SSSR count). The number of esters is 1. The van der Waals surface area contributed by atoms with E-state index in [1.165, 1.54) is 6.92 Å². The van der Waals surface area contributed by atoms with Crippen LogP contribution in [0.3, 0.4) is 0 Å². The summed E-state index contributed by atoms with van der Waals surface area (Å²) in [5.41, 5.74) is 0.729. The van der Waals surface area contributed by atoms with E-state index in [2.05, 4.69) is 4.98 Å². The molecule has 1 aliphatic carbocycles. The third-order valence-electron chi connectivity index (χ3n) is 2.25. The van der Waals surface area contributed by atoms with Gasteiger partial charge < -0.3 is 4.74 Å². The van der Waals surface area contributed by atoms with Gasteiger partial charge >= 0.3 is 5.97 Å². The van der Waals surface area contributed by atoms with Crippen molar-refractivity contribution in [1.82, 2.24) is 4.98 Å². The van der Waals surface area contributed by atoms with Gasteiger partial charge in [0.25, 0.3) is 0 Å². The summed E-state index contributed by atoms with van der Waals surface area (Å²) in [5.74, 6) is -0.214. The summed E-state index contributed by atoms with van der Waals surface area (Å²) in [6.45, 7) is 1.45. The van der Waals surface area contributed by atoms with Crippen molar-refractivity contribution >= 4 is 5.97 Å². The van der Waals surface area contributed by atoms with Crippen LogP contribution in [0.2, 0.25) is 0 Å². The van der Waals surface area contributed by atoms with Crippen molar-refractivity contribution < 1.29 is 9.53 Å². The Labute approximate surface area is 76.7 Å². The molecule has 0 aromatic carbocycles. The Morgan fingerprint density at radius 3 is 2.54 bits per heavy atom. The highest BCUT2D eigenvalue weighted by molar-refractivity contribution is 5.67. The van der Waals surface area contributed by atoms with Crippen LogP contribution < -0.4 is 0 Å². The fraction of sp³-hybridized carbons (Fsp3) is 0.400. The number of hydrogen-bond acceptors (Lipinski definition) is 3. The van der Waals surface area contributed by atoms with Gasteiger partial charge in [0.05, 0.1) is 0 Å². The summed E-state index contributed by atoms with van der Waals surface area (Å²) in [6, 6.07) is 3.80. The van der Waals surface area contributed by atoms with E-state index in [0.29, 0.717) is 0 Å². The predicted molar refractivity (Wildman–Crippen MR) is 46.9 cm³/mol. The lowest BCUT2D eigenvalue weighted by Gasteiger charge is -2.14. The first-order valence-electron chi connectivity index (χ1n) is 4.33. The fourth-order valence-corrected chi connectivity index (χ4v) is 1.49. The van der Waals surface area contributed by atoms with Gasteiger partial charge in [-0.3, -0.25) is 9.78 Å². The predicted octanol–water partition coefficient (Wildman–Crippen LogP) is 1.63. The van der Waals surface area contributed by atoms with Gasteiger partial charge in [0, 0.05) is 19.3 Å². The minimum absolute atomic E-state index is 0.214. The highest BCUT2D eigenvalue weighted by Crippen LogP contribution is 2.48. The molecular formula is C10H11NO2. The number of carbonyl (C=O) groups excluding carboxylic acids is 1. The number of ether oxygens (including phenoxy) is 1. The monoisotopic (exact) mass is 177 g/mol. The molecule has 0 saturated heterocycles. The summed E-state index contributed by atoms with van der Waals surface area (Å²) in [6.07, 6.45) is 5.30. The van der Waals surface area contributed by atoms with Crippen LogP contribution >= 0.6 is 0 Å². The molecule has 0 amide bonds.